The van der Waals surface area contributed by atoms with Crippen LogP contribution >= 0.6 is 11.3 Å². The van der Waals surface area contributed by atoms with E-state index in [9.17, 15) is 4.79 Å². The fourth-order valence-corrected chi connectivity index (χ4v) is 5.26. The number of Topliss-reactive ketones (excluding diaryl/α,β-unsaturated/α-hetero) is 1. The third-order valence-electron chi connectivity index (χ3n) is 5.55. The van der Waals surface area contributed by atoms with Crippen LogP contribution in [0.1, 0.15) is 46.6 Å². The van der Waals surface area contributed by atoms with Gasteiger partial charge in [-0.05, 0) is 41.7 Å². The van der Waals surface area contributed by atoms with E-state index in [0.29, 0.717) is 6.42 Å². The standard InChI is InChI=1S/C24H28N2O2S/c1-24(2)15-20-19(10-7-17-5-8-18(9-6-17)25(3)4)23(26-11-13-28-14-12-26)29-22(20)21(27)16-24/h5-6,8-9H,11-16H2,1-4H3. The molecule has 0 amide bonds. The topological polar surface area (TPSA) is 32.8 Å². The summed E-state index contributed by atoms with van der Waals surface area (Å²) in [7, 11) is 4.07. The predicted molar refractivity (Wildman–Crippen MR) is 121 cm³/mol. The number of rotatable bonds is 2. The predicted octanol–water partition coefficient (Wildman–Crippen LogP) is 4.21. The van der Waals surface area contributed by atoms with Crippen molar-refractivity contribution in [2.75, 3.05) is 50.2 Å². The molecule has 1 aromatic carbocycles. The zero-order chi connectivity index (χ0) is 20.6. The van der Waals surface area contributed by atoms with E-state index in [4.69, 9.17) is 4.74 Å². The summed E-state index contributed by atoms with van der Waals surface area (Å²) in [5, 5.41) is 1.14. The number of benzene rings is 1. The Morgan fingerprint density at radius 1 is 1.07 bits per heavy atom. The first kappa shape index (κ1) is 20.0. The minimum Gasteiger partial charge on any atom is -0.378 e. The lowest BCUT2D eigenvalue weighted by molar-refractivity contribution is 0.0917. The van der Waals surface area contributed by atoms with Gasteiger partial charge < -0.3 is 14.5 Å². The number of fused-ring (bicyclic) bond motifs is 1. The molecule has 1 aliphatic carbocycles. The van der Waals surface area contributed by atoms with Gasteiger partial charge in [0.05, 0.1) is 23.7 Å². The Bertz CT molecular complexity index is 971. The van der Waals surface area contributed by atoms with Crippen molar-refractivity contribution in [3.8, 4) is 11.8 Å². The summed E-state index contributed by atoms with van der Waals surface area (Å²) < 4.78 is 5.53. The van der Waals surface area contributed by atoms with E-state index < -0.39 is 0 Å². The average molecular weight is 409 g/mol. The molecule has 0 bridgehead atoms. The Morgan fingerprint density at radius 2 is 1.76 bits per heavy atom. The summed E-state index contributed by atoms with van der Waals surface area (Å²) >= 11 is 1.63. The van der Waals surface area contributed by atoms with Gasteiger partial charge in [0.15, 0.2) is 5.78 Å². The first-order chi connectivity index (χ1) is 13.8. The highest BCUT2D eigenvalue weighted by atomic mass is 32.1. The fraction of sp³-hybridized carbons (Fsp3) is 0.458. The molecule has 4 nitrogen and oxygen atoms in total. The van der Waals surface area contributed by atoms with Crippen molar-refractivity contribution in [1.82, 2.24) is 0 Å². The number of carbonyl (C=O) groups excluding carboxylic acids is 1. The van der Waals surface area contributed by atoms with Crippen LogP contribution in [0, 0.1) is 17.3 Å². The molecule has 0 unspecified atom stereocenters. The van der Waals surface area contributed by atoms with Gasteiger partial charge in [0.2, 0.25) is 0 Å². The number of carbonyl (C=O) groups is 1. The van der Waals surface area contributed by atoms with E-state index >= 15 is 0 Å². The molecule has 0 radical (unpaired) electrons. The SMILES string of the molecule is CN(C)c1ccc(C#Cc2c(N3CCOCC3)sc3c2CC(C)(C)CC3=O)cc1. The lowest BCUT2D eigenvalue weighted by atomic mass is 9.75. The van der Waals surface area contributed by atoms with Crippen LogP contribution in [0.15, 0.2) is 24.3 Å². The van der Waals surface area contributed by atoms with Crippen LogP contribution in [0.25, 0.3) is 0 Å². The molecular formula is C24H28N2O2S. The molecule has 2 heterocycles. The van der Waals surface area contributed by atoms with Gasteiger partial charge in [-0.3, -0.25) is 4.79 Å². The van der Waals surface area contributed by atoms with Crippen LogP contribution in [0.3, 0.4) is 0 Å². The molecule has 0 spiro atoms. The van der Waals surface area contributed by atoms with Gasteiger partial charge in [-0.25, -0.2) is 0 Å². The second-order valence-electron chi connectivity index (χ2n) is 8.82. The van der Waals surface area contributed by atoms with Gasteiger partial charge in [0, 0.05) is 44.9 Å². The summed E-state index contributed by atoms with van der Waals surface area (Å²) in [5.74, 6) is 7.07. The maximum absolute atomic E-state index is 12.8. The molecule has 1 aromatic heterocycles. The summed E-state index contributed by atoms with van der Waals surface area (Å²) in [6.07, 6.45) is 1.51. The summed E-state index contributed by atoms with van der Waals surface area (Å²) in [4.78, 5) is 18.2. The number of anilines is 2. The van der Waals surface area contributed by atoms with Gasteiger partial charge in [-0.1, -0.05) is 25.7 Å². The molecule has 1 aliphatic heterocycles. The van der Waals surface area contributed by atoms with Crippen LogP contribution in [0.5, 0.6) is 0 Å². The van der Waals surface area contributed by atoms with E-state index in [2.05, 4.69) is 59.8 Å². The average Bonchev–Trinajstić information content (AvgIpc) is 3.05. The minimum absolute atomic E-state index is 0.0166. The molecule has 0 atom stereocenters. The maximum atomic E-state index is 12.8. The third kappa shape index (κ3) is 4.19. The number of thiophene rings is 1. The van der Waals surface area contributed by atoms with Crippen molar-refractivity contribution < 1.29 is 9.53 Å². The van der Waals surface area contributed by atoms with Crippen LogP contribution in [-0.2, 0) is 11.2 Å². The second kappa shape index (κ2) is 7.85. The highest BCUT2D eigenvalue weighted by Crippen LogP contribution is 2.44. The normalized spacial score (nSPS) is 18.1. The van der Waals surface area contributed by atoms with Gasteiger partial charge >= 0.3 is 0 Å². The molecular weight excluding hydrogens is 380 g/mol. The molecule has 1 fully saturated rings. The van der Waals surface area contributed by atoms with Gasteiger partial charge in [0.1, 0.15) is 5.00 Å². The minimum atomic E-state index is -0.0166. The Balaban J connectivity index is 1.76. The molecule has 2 aliphatic rings. The van der Waals surface area contributed by atoms with E-state index in [-0.39, 0.29) is 11.2 Å². The number of nitrogens with zero attached hydrogens (tertiary/aromatic N) is 2. The van der Waals surface area contributed by atoms with Crippen LogP contribution in [0.2, 0.25) is 0 Å². The van der Waals surface area contributed by atoms with Crippen LogP contribution in [-0.4, -0.2) is 46.2 Å². The number of hydrogen-bond acceptors (Lipinski definition) is 5. The van der Waals surface area contributed by atoms with E-state index in [0.717, 1.165) is 65.0 Å². The lowest BCUT2D eigenvalue weighted by Crippen LogP contribution is -2.36. The van der Waals surface area contributed by atoms with Crippen molar-refractivity contribution in [2.45, 2.75) is 26.7 Å². The number of ketones is 1. The molecule has 2 aromatic rings. The first-order valence-corrected chi connectivity index (χ1v) is 11.0. The summed E-state index contributed by atoms with van der Waals surface area (Å²) in [5.41, 5.74) is 4.33. The van der Waals surface area contributed by atoms with Crippen LogP contribution in [0.4, 0.5) is 10.7 Å². The maximum Gasteiger partial charge on any atom is 0.173 e. The number of ether oxygens (including phenoxy) is 1. The van der Waals surface area contributed by atoms with Crippen LogP contribution < -0.4 is 9.80 Å². The quantitative estimate of drug-likeness (QED) is 0.697. The number of morpholine rings is 1. The summed E-state index contributed by atoms with van der Waals surface area (Å²) in [6, 6.07) is 8.29. The van der Waals surface area contributed by atoms with E-state index in [1.54, 1.807) is 11.3 Å². The summed E-state index contributed by atoms with van der Waals surface area (Å²) in [6.45, 7) is 7.50. The van der Waals surface area contributed by atoms with E-state index in [1.165, 1.54) is 0 Å². The van der Waals surface area contributed by atoms with Crippen molar-refractivity contribution in [3.05, 3.63) is 45.8 Å². The number of hydrogen-bond donors (Lipinski definition) is 0. The Kier molecular flexibility index (Phi) is 5.42. The monoisotopic (exact) mass is 408 g/mol. The molecule has 152 valence electrons. The zero-order valence-corrected chi connectivity index (χ0v) is 18.5. The molecule has 0 N–H and O–H groups in total. The lowest BCUT2D eigenvalue weighted by Gasteiger charge is -2.29. The fourth-order valence-electron chi connectivity index (χ4n) is 4.00. The van der Waals surface area contributed by atoms with E-state index in [1.807, 2.05) is 14.1 Å². The van der Waals surface area contributed by atoms with Crippen molar-refractivity contribution in [3.63, 3.8) is 0 Å². The Morgan fingerprint density at radius 3 is 2.41 bits per heavy atom. The molecule has 4 rings (SSSR count). The van der Waals surface area contributed by atoms with Crippen molar-refractivity contribution in [1.29, 1.82) is 0 Å². The molecule has 0 saturated carbocycles. The molecule has 29 heavy (non-hydrogen) atoms. The highest BCUT2D eigenvalue weighted by Gasteiger charge is 2.36. The van der Waals surface area contributed by atoms with Gasteiger partial charge in [-0.2, -0.15) is 0 Å². The largest absolute Gasteiger partial charge is 0.378 e. The van der Waals surface area contributed by atoms with Crippen molar-refractivity contribution >= 4 is 27.8 Å². The zero-order valence-electron chi connectivity index (χ0n) is 17.7. The molecule has 1 saturated heterocycles. The molecule has 5 heteroatoms. The van der Waals surface area contributed by atoms with Gasteiger partial charge in [-0.15, -0.1) is 11.3 Å². The van der Waals surface area contributed by atoms with Gasteiger partial charge in [0.25, 0.3) is 0 Å². The second-order valence-corrected chi connectivity index (χ2v) is 9.82. The first-order valence-electron chi connectivity index (χ1n) is 10.1. The Labute approximate surface area is 177 Å². The highest BCUT2D eigenvalue weighted by molar-refractivity contribution is 7.18. The smallest absolute Gasteiger partial charge is 0.173 e. The third-order valence-corrected chi connectivity index (χ3v) is 6.88. The van der Waals surface area contributed by atoms with Crippen molar-refractivity contribution in [2.24, 2.45) is 5.41 Å². The Hall–Kier alpha value is -2.29.